The minimum Gasteiger partial charge on any atom is -0.383 e. The molecular weight excluding hydrogens is 498 g/mol. The highest BCUT2D eigenvalue weighted by molar-refractivity contribution is 9.10. The van der Waals surface area contributed by atoms with Crippen molar-refractivity contribution in [3.8, 4) is 5.69 Å². The third-order valence-corrected chi connectivity index (χ3v) is 6.74. The van der Waals surface area contributed by atoms with Crippen molar-refractivity contribution in [2.75, 3.05) is 19.0 Å². The Kier molecular flexibility index (Phi) is 6.42. The number of amides is 1. The van der Waals surface area contributed by atoms with E-state index in [0.29, 0.717) is 22.8 Å². The van der Waals surface area contributed by atoms with E-state index in [0.717, 1.165) is 41.2 Å². The Bertz CT molecular complexity index is 1340. The highest BCUT2D eigenvalue weighted by Gasteiger charge is 2.31. The zero-order valence-electron chi connectivity index (χ0n) is 19.0. The summed E-state index contributed by atoms with van der Waals surface area (Å²) >= 11 is 3.53. The molecule has 0 saturated heterocycles. The summed E-state index contributed by atoms with van der Waals surface area (Å²) in [6.07, 6.45) is 6.02. The van der Waals surface area contributed by atoms with E-state index in [1.807, 2.05) is 37.3 Å². The van der Waals surface area contributed by atoms with Gasteiger partial charge in [0, 0.05) is 42.9 Å². The number of aromatic nitrogens is 5. The lowest BCUT2D eigenvalue weighted by molar-refractivity contribution is -0.125. The lowest BCUT2D eigenvalue weighted by atomic mass is 10.1. The first-order valence-electron chi connectivity index (χ1n) is 11.3. The molecule has 3 aromatic heterocycles. The van der Waals surface area contributed by atoms with E-state index >= 15 is 0 Å². The molecule has 1 aromatic carbocycles. The molecule has 10 heteroatoms. The molecule has 0 aliphatic heterocycles. The number of ether oxygens (including phenoxy) is 1. The Labute approximate surface area is 205 Å². The number of fused-ring (bicyclic) bond motifs is 2. The van der Waals surface area contributed by atoms with Crippen molar-refractivity contribution in [1.82, 2.24) is 30.0 Å². The summed E-state index contributed by atoms with van der Waals surface area (Å²) in [7, 11) is 1.64. The second kappa shape index (κ2) is 9.63. The van der Waals surface area contributed by atoms with Crippen LogP contribution in [0.1, 0.15) is 26.2 Å². The summed E-state index contributed by atoms with van der Waals surface area (Å²) in [5, 5.41) is 12.9. The van der Waals surface area contributed by atoms with Crippen LogP contribution in [0.15, 0.2) is 47.3 Å². The van der Waals surface area contributed by atoms with E-state index in [1.54, 1.807) is 24.2 Å². The second-order valence-electron chi connectivity index (χ2n) is 8.73. The number of hydrogen-bond donors (Lipinski definition) is 2. The van der Waals surface area contributed by atoms with Crippen LogP contribution in [0.25, 0.3) is 27.6 Å². The van der Waals surface area contributed by atoms with Crippen LogP contribution < -0.4 is 10.6 Å². The Hall–Kier alpha value is -3.11. The van der Waals surface area contributed by atoms with Crippen LogP contribution in [0, 0.1) is 5.92 Å². The summed E-state index contributed by atoms with van der Waals surface area (Å²) < 4.78 is 7.60. The van der Waals surface area contributed by atoms with Crippen molar-refractivity contribution in [3.05, 3.63) is 47.3 Å². The molecule has 1 amide bonds. The number of halogens is 1. The van der Waals surface area contributed by atoms with E-state index in [9.17, 15) is 4.79 Å². The SMILES string of the molecule is COC[C@H](C)NC(=O)[C@@H]1CC[C@@H](Nc2ncc3c(Br)nn(-c4ccc5ncccc5c4)c3n2)C1. The van der Waals surface area contributed by atoms with Gasteiger partial charge < -0.3 is 15.4 Å². The van der Waals surface area contributed by atoms with E-state index in [4.69, 9.17) is 9.72 Å². The van der Waals surface area contributed by atoms with Gasteiger partial charge in [-0.2, -0.15) is 10.1 Å². The number of anilines is 1. The van der Waals surface area contributed by atoms with Gasteiger partial charge in [0.15, 0.2) is 5.65 Å². The van der Waals surface area contributed by atoms with Gasteiger partial charge in [0.25, 0.3) is 0 Å². The van der Waals surface area contributed by atoms with Crippen LogP contribution in [0.5, 0.6) is 0 Å². The maximum absolute atomic E-state index is 12.6. The lowest BCUT2D eigenvalue weighted by Gasteiger charge is -2.17. The largest absolute Gasteiger partial charge is 0.383 e. The number of methoxy groups -OCH3 is 1. The predicted molar refractivity (Wildman–Crippen MR) is 134 cm³/mol. The first-order valence-corrected chi connectivity index (χ1v) is 12.1. The average molecular weight is 524 g/mol. The maximum Gasteiger partial charge on any atom is 0.224 e. The van der Waals surface area contributed by atoms with Crippen molar-refractivity contribution in [2.24, 2.45) is 5.92 Å². The van der Waals surface area contributed by atoms with Crippen molar-refractivity contribution >= 4 is 49.7 Å². The molecule has 176 valence electrons. The van der Waals surface area contributed by atoms with Crippen LogP contribution in [-0.2, 0) is 9.53 Å². The Morgan fingerprint density at radius 1 is 1.29 bits per heavy atom. The lowest BCUT2D eigenvalue weighted by Crippen LogP contribution is -2.39. The number of carbonyl (C=O) groups excluding carboxylic acids is 1. The molecule has 3 heterocycles. The second-order valence-corrected chi connectivity index (χ2v) is 9.48. The normalized spacial score (nSPS) is 18.9. The van der Waals surface area contributed by atoms with E-state index in [1.165, 1.54) is 0 Å². The monoisotopic (exact) mass is 523 g/mol. The smallest absolute Gasteiger partial charge is 0.224 e. The maximum atomic E-state index is 12.6. The Balaban J connectivity index is 1.35. The minimum atomic E-state index is -0.0218. The third-order valence-electron chi connectivity index (χ3n) is 6.15. The Morgan fingerprint density at radius 2 is 2.18 bits per heavy atom. The van der Waals surface area contributed by atoms with Crippen LogP contribution in [-0.4, -0.2) is 56.4 Å². The first-order chi connectivity index (χ1) is 16.5. The first kappa shape index (κ1) is 22.7. The van der Waals surface area contributed by atoms with Gasteiger partial charge in [-0.05, 0) is 66.4 Å². The van der Waals surface area contributed by atoms with Gasteiger partial charge in [-0.15, -0.1) is 0 Å². The number of benzene rings is 1. The number of rotatable bonds is 7. The molecular formula is C24H26BrN7O2. The number of hydrogen-bond acceptors (Lipinski definition) is 7. The van der Waals surface area contributed by atoms with Gasteiger partial charge in [0.1, 0.15) is 4.60 Å². The summed E-state index contributed by atoms with van der Waals surface area (Å²) in [5.41, 5.74) is 2.52. The van der Waals surface area contributed by atoms with E-state index in [-0.39, 0.29) is 23.9 Å². The van der Waals surface area contributed by atoms with E-state index in [2.05, 4.69) is 41.6 Å². The van der Waals surface area contributed by atoms with Gasteiger partial charge in [0.05, 0.1) is 23.2 Å². The molecule has 0 bridgehead atoms. The van der Waals surface area contributed by atoms with Crippen molar-refractivity contribution in [3.63, 3.8) is 0 Å². The number of pyridine rings is 1. The fourth-order valence-electron chi connectivity index (χ4n) is 4.50. The predicted octanol–water partition coefficient (Wildman–Crippen LogP) is 3.86. The molecule has 9 nitrogen and oxygen atoms in total. The molecule has 0 radical (unpaired) electrons. The third kappa shape index (κ3) is 4.60. The molecule has 0 unspecified atom stereocenters. The molecule has 1 aliphatic carbocycles. The van der Waals surface area contributed by atoms with Gasteiger partial charge in [-0.3, -0.25) is 9.78 Å². The summed E-state index contributed by atoms with van der Waals surface area (Å²) in [6.45, 7) is 2.45. The fourth-order valence-corrected chi connectivity index (χ4v) is 4.94. The van der Waals surface area contributed by atoms with Crippen molar-refractivity contribution in [1.29, 1.82) is 0 Å². The van der Waals surface area contributed by atoms with Crippen LogP contribution in [0.3, 0.4) is 0 Å². The minimum absolute atomic E-state index is 0.000119. The van der Waals surface area contributed by atoms with Gasteiger partial charge in [0.2, 0.25) is 11.9 Å². The van der Waals surface area contributed by atoms with Gasteiger partial charge in [-0.1, -0.05) is 6.07 Å². The van der Waals surface area contributed by atoms with Crippen LogP contribution in [0.2, 0.25) is 0 Å². The van der Waals surface area contributed by atoms with Crippen LogP contribution >= 0.6 is 15.9 Å². The molecule has 2 N–H and O–H groups in total. The molecule has 3 atom stereocenters. The molecule has 0 spiro atoms. The van der Waals surface area contributed by atoms with Crippen LogP contribution in [0.4, 0.5) is 5.95 Å². The number of carbonyl (C=O) groups is 1. The summed E-state index contributed by atoms with van der Waals surface area (Å²) in [6, 6.07) is 10.1. The van der Waals surface area contributed by atoms with Gasteiger partial charge >= 0.3 is 0 Å². The quantitative estimate of drug-likeness (QED) is 0.378. The number of nitrogens with zero attached hydrogens (tertiary/aromatic N) is 5. The fraction of sp³-hybridized carbons (Fsp3) is 0.375. The highest BCUT2D eigenvalue weighted by atomic mass is 79.9. The van der Waals surface area contributed by atoms with E-state index < -0.39 is 0 Å². The zero-order valence-corrected chi connectivity index (χ0v) is 20.6. The topological polar surface area (TPSA) is 107 Å². The molecule has 34 heavy (non-hydrogen) atoms. The number of nitrogens with one attached hydrogen (secondary N) is 2. The molecule has 5 rings (SSSR count). The molecule has 4 aromatic rings. The zero-order chi connectivity index (χ0) is 23.7. The molecule has 1 fully saturated rings. The molecule has 1 aliphatic rings. The summed E-state index contributed by atoms with van der Waals surface area (Å²) in [4.78, 5) is 26.2. The standard InChI is InChI=1S/C24H26BrN7O2/c1-14(13-34-2)28-23(33)16-5-6-17(10-16)29-24-27-12-19-21(25)31-32(22(19)30-24)18-7-8-20-15(11-18)4-3-9-26-20/h3-4,7-9,11-12,14,16-17H,5-6,10,13H2,1-2H3,(H,28,33)(H,27,29,30)/t14-,16+,17+/m0/s1. The van der Waals surface area contributed by atoms with Gasteiger partial charge in [-0.25, -0.2) is 9.67 Å². The van der Waals surface area contributed by atoms with Crippen molar-refractivity contribution < 1.29 is 9.53 Å². The van der Waals surface area contributed by atoms with Crippen molar-refractivity contribution in [2.45, 2.75) is 38.3 Å². The highest BCUT2D eigenvalue weighted by Crippen LogP contribution is 2.30. The Morgan fingerprint density at radius 3 is 3.03 bits per heavy atom. The average Bonchev–Trinajstić information content (AvgIpc) is 3.43. The summed E-state index contributed by atoms with van der Waals surface area (Å²) in [5.74, 6) is 0.590. The molecule has 1 saturated carbocycles.